The number of nitrogens with one attached hydrogen (secondary N) is 1. The third-order valence-electron chi connectivity index (χ3n) is 7.74. The lowest BCUT2D eigenvalue weighted by Crippen LogP contribution is -2.64. The number of phenolic OH excluding ortho intramolecular Hbond substituents is 1. The van der Waals surface area contributed by atoms with E-state index in [-0.39, 0.29) is 42.6 Å². The van der Waals surface area contributed by atoms with Crippen LogP contribution in [0.5, 0.6) is 5.75 Å². The number of methoxy groups -OCH3 is 1. The first-order chi connectivity index (χ1) is 17.4. The van der Waals surface area contributed by atoms with Crippen molar-refractivity contribution in [1.29, 1.82) is 0 Å². The van der Waals surface area contributed by atoms with Gasteiger partial charge in [-0.15, -0.1) is 0 Å². The Balaban J connectivity index is 1.88. The fraction of sp³-hybridized carbons (Fsp3) is 0.462. The Morgan fingerprint density at radius 1 is 1.19 bits per heavy atom. The molecule has 0 aromatic heterocycles. The van der Waals surface area contributed by atoms with E-state index in [4.69, 9.17) is 4.74 Å². The number of ether oxygens (including phenoxy) is 1. The van der Waals surface area contributed by atoms with Crippen molar-refractivity contribution in [3.8, 4) is 5.75 Å². The number of carbonyl (C=O) groups is 4. The predicted octanol–water partition coefficient (Wildman–Crippen LogP) is 0.487. The third kappa shape index (κ3) is 3.80. The highest BCUT2D eigenvalue weighted by molar-refractivity contribution is 6.25. The summed E-state index contributed by atoms with van der Waals surface area (Å²) in [5.41, 5.74) is -2.45. The number of aryl methyl sites for hydroxylation is 1. The number of amides is 1. The average Bonchev–Trinajstić information content (AvgIpc) is 2.85. The number of phenols is 1. The number of Topliss-reactive ketones (excluding diaryl/α,β-unsaturated/α-hetero) is 2. The van der Waals surface area contributed by atoms with Gasteiger partial charge in [0.1, 0.15) is 22.8 Å². The van der Waals surface area contributed by atoms with Crippen LogP contribution >= 0.6 is 0 Å². The molecule has 0 radical (unpaired) electrons. The van der Waals surface area contributed by atoms with Gasteiger partial charge in [0.05, 0.1) is 18.7 Å². The van der Waals surface area contributed by atoms with Crippen molar-refractivity contribution in [2.24, 2.45) is 11.8 Å². The van der Waals surface area contributed by atoms with Crippen molar-refractivity contribution in [3.05, 3.63) is 51.5 Å². The SMILES string of the molecule is CNC(=O)C1=C(O)C(N(C)C)[C@@H]2C[C@@H]3Cc4c(CCC(=O)OC)ccc(O)c4C(=O)C3=C(O)[C@]2(O)C1=O. The minimum absolute atomic E-state index is 0.0207. The van der Waals surface area contributed by atoms with Crippen LogP contribution in [0.2, 0.25) is 0 Å². The second-order valence-electron chi connectivity index (χ2n) is 9.85. The molecule has 4 rings (SSSR count). The van der Waals surface area contributed by atoms with E-state index in [0.29, 0.717) is 11.1 Å². The summed E-state index contributed by atoms with van der Waals surface area (Å²) in [5, 5.41) is 46.8. The molecule has 4 atom stereocenters. The summed E-state index contributed by atoms with van der Waals surface area (Å²) >= 11 is 0. The topological polar surface area (TPSA) is 174 Å². The van der Waals surface area contributed by atoms with Gasteiger partial charge in [-0.25, -0.2) is 0 Å². The Labute approximate surface area is 213 Å². The van der Waals surface area contributed by atoms with Gasteiger partial charge < -0.3 is 30.5 Å². The monoisotopic (exact) mass is 514 g/mol. The standard InChI is InChI=1S/C26H30N2O9/c1-27-25(35)19-22(32)20(28(2)3)14-10-12-9-13-11(6-8-16(30)37-4)5-7-15(29)18(13)21(31)17(12)23(33)26(14,36)24(19)34/h5,7,12,14,20,29,32-33,36H,6,8-10H2,1-4H3,(H,27,35)/t12-,14-,20?,26-/m0/s1. The van der Waals surface area contributed by atoms with E-state index in [9.17, 15) is 39.6 Å². The van der Waals surface area contributed by atoms with Crippen LogP contribution in [0.1, 0.15) is 34.3 Å². The summed E-state index contributed by atoms with van der Waals surface area (Å²) in [5.74, 6) is -6.81. The second kappa shape index (κ2) is 9.31. The van der Waals surface area contributed by atoms with Crippen LogP contribution < -0.4 is 5.32 Å². The van der Waals surface area contributed by atoms with Crippen LogP contribution in [0.15, 0.2) is 34.8 Å². The molecular formula is C26H30N2O9. The highest BCUT2D eigenvalue weighted by Gasteiger charge is 2.63. The van der Waals surface area contributed by atoms with Crippen LogP contribution in [-0.4, -0.2) is 88.7 Å². The number of rotatable bonds is 5. The molecule has 0 heterocycles. The van der Waals surface area contributed by atoms with E-state index < -0.39 is 64.0 Å². The Bertz CT molecular complexity index is 1280. The lowest BCUT2D eigenvalue weighted by molar-refractivity contribution is -0.148. The molecule has 0 saturated carbocycles. The summed E-state index contributed by atoms with van der Waals surface area (Å²) in [6.45, 7) is 0. The number of aliphatic hydroxyl groups is 3. The number of hydrogen-bond donors (Lipinski definition) is 5. The maximum absolute atomic E-state index is 13.7. The minimum Gasteiger partial charge on any atom is -0.510 e. The molecule has 198 valence electrons. The van der Waals surface area contributed by atoms with Crippen LogP contribution in [0.4, 0.5) is 0 Å². The van der Waals surface area contributed by atoms with E-state index in [0.717, 1.165) is 0 Å². The molecule has 1 amide bonds. The molecule has 3 aliphatic carbocycles. The normalized spacial score (nSPS) is 27.0. The molecule has 11 nitrogen and oxygen atoms in total. The van der Waals surface area contributed by atoms with Crippen LogP contribution in [0, 0.1) is 11.8 Å². The van der Waals surface area contributed by atoms with Gasteiger partial charge in [0.15, 0.2) is 11.4 Å². The first-order valence-corrected chi connectivity index (χ1v) is 11.9. The number of ketones is 2. The number of esters is 1. The number of benzene rings is 1. The first kappa shape index (κ1) is 26.4. The molecule has 1 aromatic carbocycles. The van der Waals surface area contributed by atoms with E-state index in [1.807, 2.05) is 0 Å². The van der Waals surface area contributed by atoms with Crippen LogP contribution in [0.3, 0.4) is 0 Å². The molecule has 0 aliphatic heterocycles. The van der Waals surface area contributed by atoms with Crippen LogP contribution in [-0.2, 0) is 32.0 Å². The molecule has 1 unspecified atom stereocenters. The van der Waals surface area contributed by atoms with Gasteiger partial charge in [-0.3, -0.25) is 24.1 Å². The summed E-state index contributed by atoms with van der Waals surface area (Å²) in [4.78, 5) is 52.8. The van der Waals surface area contributed by atoms with Crippen LogP contribution in [0.25, 0.3) is 0 Å². The molecule has 11 heteroatoms. The fourth-order valence-corrected chi connectivity index (χ4v) is 5.99. The zero-order chi connectivity index (χ0) is 27.4. The quantitative estimate of drug-likeness (QED) is 0.275. The van der Waals surface area contributed by atoms with Crippen molar-refractivity contribution in [2.75, 3.05) is 28.3 Å². The highest BCUT2D eigenvalue weighted by atomic mass is 16.5. The van der Waals surface area contributed by atoms with Gasteiger partial charge in [0.2, 0.25) is 5.78 Å². The van der Waals surface area contributed by atoms with Gasteiger partial charge in [-0.05, 0) is 56.5 Å². The molecular weight excluding hydrogens is 484 g/mol. The molecule has 5 N–H and O–H groups in total. The Morgan fingerprint density at radius 2 is 1.86 bits per heavy atom. The second-order valence-corrected chi connectivity index (χ2v) is 9.85. The number of hydrogen-bond acceptors (Lipinski definition) is 10. The van der Waals surface area contributed by atoms with E-state index in [1.165, 1.54) is 25.1 Å². The number of carbonyl (C=O) groups excluding carboxylic acids is 4. The number of fused-ring (bicyclic) bond motifs is 3. The van der Waals surface area contributed by atoms with Gasteiger partial charge in [0, 0.05) is 25.0 Å². The van der Waals surface area contributed by atoms with Crippen molar-refractivity contribution < 1.29 is 44.3 Å². The number of allylic oxidation sites excluding steroid dienone is 1. The lowest BCUT2D eigenvalue weighted by atomic mass is 9.58. The van der Waals surface area contributed by atoms with E-state index in [1.54, 1.807) is 20.2 Å². The number of likely N-dealkylation sites (N-methyl/N-ethyl adjacent to an activating group) is 2. The fourth-order valence-electron chi connectivity index (χ4n) is 5.99. The molecule has 3 aliphatic rings. The molecule has 0 saturated heterocycles. The smallest absolute Gasteiger partial charge is 0.305 e. The lowest BCUT2D eigenvalue weighted by Gasteiger charge is -2.50. The highest BCUT2D eigenvalue weighted by Crippen LogP contribution is 2.52. The maximum Gasteiger partial charge on any atom is 0.305 e. The average molecular weight is 515 g/mol. The Morgan fingerprint density at radius 3 is 2.46 bits per heavy atom. The Kier molecular flexibility index (Phi) is 6.63. The maximum atomic E-state index is 13.7. The van der Waals surface area contributed by atoms with Gasteiger partial charge in [-0.1, -0.05) is 6.07 Å². The zero-order valence-corrected chi connectivity index (χ0v) is 21.0. The molecule has 0 bridgehead atoms. The molecule has 0 fully saturated rings. The summed E-state index contributed by atoms with van der Waals surface area (Å²) in [6.07, 6.45) is 0.512. The minimum atomic E-state index is -2.64. The summed E-state index contributed by atoms with van der Waals surface area (Å²) < 4.78 is 4.70. The first-order valence-electron chi connectivity index (χ1n) is 11.9. The van der Waals surface area contributed by atoms with Crippen molar-refractivity contribution >= 4 is 23.4 Å². The largest absolute Gasteiger partial charge is 0.510 e. The number of aliphatic hydroxyl groups excluding tert-OH is 2. The third-order valence-corrected chi connectivity index (χ3v) is 7.74. The van der Waals surface area contributed by atoms with Gasteiger partial charge in [0.25, 0.3) is 5.91 Å². The van der Waals surface area contributed by atoms with Crippen molar-refractivity contribution in [3.63, 3.8) is 0 Å². The molecule has 0 spiro atoms. The number of aromatic hydroxyl groups is 1. The van der Waals surface area contributed by atoms with Gasteiger partial charge >= 0.3 is 5.97 Å². The summed E-state index contributed by atoms with van der Waals surface area (Å²) in [7, 11) is 5.72. The van der Waals surface area contributed by atoms with E-state index >= 15 is 0 Å². The van der Waals surface area contributed by atoms with Crippen molar-refractivity contribution in [2.45, 2.75) is 37.3 Å². The molecule has 37 heavy (non-hydrogen) atoms. The Hall–Kier alpha value is -3.70. The van der Waals surface area contributed by atoms with Gasteiger partial charge in [-0.2, -0.15) is 0 Å². The molecule has 1 aromatic rings. The summed E-state index contributed by atoms with van der Waals surface area (Å²) in [6, 6.07) is 1.92. The zero-order valence-electron chi connectivity index (χ0n) is 21.0. The van der Waals surface area contributed by atoms with E-state index in [2.05, 4.69) is 5.32 Å². The van der Waals surface area contributed by atoms with Crippen molar-refractivity contribution in [1.82, 2.24) is 10.2 Å². The predicted molar refractivity (Wildman–Crippen MR) is 129 cm³/mol. The number of nitrogens with zero attached hydrogens (tertiary/aromatic N) is 1.